The topological polar surface area (TPSA) is 0 Å². The minimum Gasteiger partial charge on any atom is -0.123 e. The standard InChI is InChI=1S/C9H10S.C2H6/c1-7-6-8-4-2-3-5-9(8)10-7;1-2/h2-6,8-9H,1H3;1-2H3. The molecule has 2 unspecified atom stereocenters. The molecule has 2 atom stereocenters. The van der Waals surface area contributed by atoms with Crippen LogP contribution in [0.25, 0.3) is 0 Å². The molecule has 1 heteroatoms. The highest BCUT2D eigenvalue weighted by atomic mass is 32.2. The molecule has 0 saturated heterocycles. The molecule has 0 amide bonds. The second kappa shape index (κ2) is 4.56. The van der Waals surface area contributed by atoms with Crippen LogP contribution in [0.1, 0.15) is 20.8 Å². The maximum absolute atomic E-state index is 2.34. The van der Waals surface area contributed by atoms with Crippen LogP contribution in [0.4, 0.5) is 0 Å². The normalized spacial score (nSPS) is 30.4. The highest BCUT2D eigenvalue weighted by Gasteiger charge is 2.22. The fraction of sp³-hybridized carbons (Fsp3) is 0.455. The number of hydrogen-bond acceptors (Lipinski definition) is 1. The predicted octanol–water partition coefficient (Wildman–Crippen LogP) is 3.77. The zero-order chi connectivity index (χ0) is 8.97. The molecule has 0 spiro atoms. The smallest absolute Gasteiger partial charge is 0.0372 e. The van der Waals surface area contributed by atoms with Crippen molar-refractivity contribution in [2.75, 3.05) is 0 Å². The minimum atomic E-state index is 0.676. The number of fused-ring (bicyclic) bond motifs is 1. The fourth-order valence-electron chi connectivity index (χ4n) is 1.40. The molecule has 1 aliphatic heterocycles. The van der Waals surface area contributed by atoms with Gasteiger partial charge < -0.3 is 0 Å². The summed E-state index contributed by atoms with van der Waals surface area (Å²) < 4.78 is 0. The molecule has 0 saturated carbocycles. The third-order valence-electron chi connectivity index (χ3n) is 1.87. The van der Waals surface area contributed by atoms with Crippen molar-refractivity contribution in [3.8, 4) is 0 Å². The molecule has 66 valence electrons. The third kappa shape index (κ3) is 2.04. The van der Waals surface area contributed by atoms with Crippen LogP contribution >= 0.6 is 11.8 Å². The Morgan fingerprint density at radius 3 is 2.50 bits per heavy atom. The summed E-state index contributed by atoms with van der Waals surface area (Å²) in [5, 5.41) is 0.699. The van der Waals surface area contributed by atoms with E-state index < -0.39 is 0 Å². The van der Waals surface area contributed by atoms with E-state index in [1.807, 2.05) is 25.6 Å². The zero-order valence-corrected chi connectivity index (χ0v) is 8.77. The van der Waals surface area contributed by atoms with Crippen LogP contribution in [-0.4, -0.2) is 5.25 Å². The fourth-order valence-corrected chi connectivity index (χ4v) is 2.56. The van der Waals surface area contributed by atoms with E-state index in [0.717, 1.165) is 0 Å². The van der Waals surface area contributed by atoms with Gasteiger partial charge in [-0.15, -0.1) is 11.8 Å². The Morgan fingerprint density at radius 1 is 1.17 bits per heavy atom. The van der Waals surface area contributed by atoms with Gasteiger partial charge in [-0.05, 0) is 11.8 Å². The average molecular weight is 180 g/mol. The van der Waals surface area contributed by atoms with Crippen molar-refractivity contribution >= 4 is 11.8 Å². The first-order chi connectivity index (χ1) is 5.86. The lowest BCUT2D eigenvalue weighted by Crippen LogP contribution is -2.07. The molecule has 0 aromatic rings. The molecule has 1 aliphatic carbocycles. The number of rotatable bonds is 0. The molecular weight excluding hydrogens is 164 g/mol. The molecule has 0 fully saturated rings. The van der Waals surface area contributed by atoms with E-state index >= 15 is 0 Å². The van der Waals surface area contributed by atoms with Crippen LogP contribution in [0.15, 0.2) is 35.3 Å². The van der Waals surface area contributed by atoms with Gasteiger partial charge in [-0.2, -0.15) is 0 Å². The van der Waals surface area contributed by atoms with Gasteiger partial charge >= 0.3 is 0 Å². The van der Waals surface area contributed by atoms with Gasteiger partial charge in [0.2, 0.25) is 0 Å². The Morgan fingerprint density at radius 2 is 1.83 bits per heavy atom. The lowest BCUT2D eigenvalue weighted by atomic mass is 10.0. The van der Waals surface area contributed by atoms with E-state index in [9.17, 15) is 0 Å². The van der Waals surface area contributed by atoms with Gasteiger partial charge in [-0.3, -0.25) is 0 Å². The van der Waals surface area contributed by atoms with Gasteiger partial charge in [0.1, 0.15) is 0 Å². The van der Waals surface area contributed by atoms with Gasteiger partial charge in [0.15, 0.2) is 0 Å². The van der Waals surface area contributed by atoms with E-state index in [-0.39, 0.29) is 0 Å². The van der Waals surface area contributed by atoms with Crippen LogP contribution in [0.3, 0.4) is 0 Å². The summed E-state index contributed by atoms with van der Waals surface area (Å²) in [6, 6.07) is 0. The lowest BCUT2D eigenvalue weighted by molar-refractivity contribution is 0.855. The number of hydrogen-bond donors (Lipinski definition) is 0. The first-order valence-corrected chi connectivity index (χ1v) is 5.44. The maximum Gasteiger partial charge on any atom is 0.0372 e. The van der Waals surface area contributed by atoms with Crippen molar-refractivity contribution in [2.45, 2.75) is 26.0 Å². The van der Waals surface area contributed by atoms with Crippen LogP contribution in [-0.2, 0) is 0 Å². The summed E-state index contributed by atoms with van der Waals surface area (Å²) in [4.78, 5) is 1.46. The van der Waals surface area contributed by atoms with Crippen molar-refractivity contribution in [3.63, 3.8) is 0 Å². The summed E-state index contributed by atoms with van der Waals surface area (Å²) in [6.45, 7) is 6.19. The van der Waals surface area contributed by atoms with Crippen LogP contribution in [0.5, 0.6) is 0 Å². The van der Waals surface area contributed by atoms with Crippen molar-refractivity contribution in [2.24, 2.45) is 5.92 Å². The lowest BCUT2D eigenvalue weighted by Gasteiger charge is -2.12. The molecule has 0 nitrogen and oxygen atoms in total. The number of thioether (sulfide) groups is 1. The molecule has 1 heterocycles. The Hall–Kier alpha value is -0.430. The summed E-state index contributed by atoms with van der Waals surface area (Å²) in [5.41, 5.74) is 0. The van der Waals surface area contributed by atoms with Crippen molar-refractivity contribution in [3.05, 3.63) is 35.3 Å². The average Bonchev–Trinajstić information content (AvgIpc) is 2.48. The largest absolute Gasteiger partial charge is 0.123 e. The monoisotopic (exact) mass is 180 g/mol. The second-order valence-corrected chi connectivity index (χ2v) is 4.13. The molecule has 0 N–H and O–H groups in total. The maximum atomic E-state index is 2.34. The molecular formula is C11H16S. The molecule has 0 radical (unpaired) electrons. The third-order valence-corrected chi connectivity index (χ3v) is 3.13. The highest BCUT2D eigenvalue weighted by Crippen LogP contribution is 2.38. The van der Waals surface area contributed by atoms with Gasteiger partial charge in [0.05, 0.1) is 0 Å². The van der Waals surface area contributed by atoms with E-state index in [2.05, 4.69) is 37.3 Å². The summed E-state index contributed by atoms with van der Waals surface area (Å²) in [6.07, 6.45) is 11.2. The zero-order valence-electron chi connectivity index (χ0n) is 7.95. The van der Waals surface area contributed by atoms with Crippen LogP contribution in [0.2, 0.25) is 0 Å². The molecule has 12 heavy (non-hydrogen) atoms. The Balaban J connectivity index is 0.000000336. The molecule has 0 bridgehead atoms. The predicted molar refractivity (Wildman–Crippen MR) is 58.3 cm³/mol. The first kappa shape index (κ1) is 9.66. The Labute approximate surface area is 79.4 Å². The van der Waals surface area contributed by atoms with E-state index in [1.54, 1.807) is 0 Å². The molecule has 0 aromatic carbocycles. The van der Waals surface area contributed by atoms with E-state index in [1.165, 1.54) is 4.91 Å². The van der Waals surface area contributed by atoms with Gasteiger partial charge in [-0.1, -0.05) is 44.2 Å². The quantitative estimate of drug-likeness (QED) is 0.547. The molecule has 2 aliphatic rings. The number of allylic oxidation sites excluding steroid dienone is 5. The Bertz CT molecular complexity index is 223. The van der Waals surface area contributed by atoms with Crippen LogP contribution < -0.4 is 0 Å². The summed E-state index contributed by atoms with van der Waals surface area (Å²) in [7, 11) is 0. The summed E-state index contributed by atoms with van der Waals surface area (Å²) in [5.74, 6) is 0.676. The van der Waals surface area contributed by atoms with E-state index in [4.69, 9.17) is 0 Å². The SMILES string of the molecule is CC.CC1=CC2C=CC=CC2S1. The van der Waals surface area contributed by atoms with E-state index in [0.29, 0.717) is 11.2 Å². The van der Waals surface area contributed by atoms with Crippen LogP contribution in [0, 0.1) is 5.92 Å². The molecule has 0 aromatic heterocycles. The first-order valence-electron chi connectivity index (χ1n) is 4.56. The minimum absolute atomic E-state index is 0.676. The van der Waals surface area contributed by atoms with Gasteiger partial charge in [-0.25, -0.2) is 0 Å². The highest BCUT2D eigenvalue weighted by molar-refractivity contribution is 8.04. The second-order valence-electron chi connectivity index (χ2n) is 2.71. The van der Waals surface area contributed by atoms with Gasteiger partial charge in [0, 0.05) is 11.2 Å². The molecule has 2 rings (SSSR count). The van der Waals surface area contributed by atoms with Crippen molar-refractivity contribution < 1.29 is 0 Å². The Kier molecular flexibility index (Phi) is 3.67. The van der Waals surface area contributed by atoms with Crippen molar-refractivity contribution in [1.82, 2.24) is 0 Å². The summed E-state index contributed by atoms with van der Waals surface area (Å²) >= 11 is 1.97. The van der Waals surface area contributed by atoms with Crippen molar-refractivity contribution in [1.29, 1.82) is 0 Å². The van der Waals surface area contributed by atoms with Gasteiger partial charge in [0.25, 0.3) is 0 Å².